The first-order chi connectivity index (χ1) is 15.7. The molecule has 1 saturated heterocycles. The van der Waals surface area contributed by atoms with Crippen LogP contribution in [0.5, 0.6) is 0 Å². The van der Waals surface area contributed by atoms with Crippen molar-refractivity contribution >= 4 is 29.3 Å². The summed E-state index contributed by atoms with van der Waals surface area (Å²) in [4.78, 5) is 20.4. The van der Waals surface area contributed by atoms with Gasteiger partial charge in [-0.2, -0.15) is 0 Å². The van der Waals surface area contributed by atoms with Crippen LogP contribution in [0.3, 0.4) is 0 Å². The number of ether oxygens (including phenoxy) is 1. The Morgan fingerprint density at radius 2 is 1.88 bits per heavy atom. The first kappa shape index (κ1) is 22.8. The number of thioether (sulfide) groups is 1. The van der Waals surface area contributed by atoms with Gasteiger partial charge in [-0.05, 0) is 47.5 Å². The number of nitrogens with one attached hydrogen (secondary N) is 1. The van der Waals surface area contributed by atoms with Gasteiger partial charge in [-0.3, -0.25) is 14.7 Å². The van der Waals surface area contributed by atoms with E-state index in [0.717, 1.165) is 29.3 Å². The number of nitrogens with zero attached hydrogens (tertiary/aromatic N) is 2. The Bertz CT molecular complexity index is 1010. The highest BCUT2D eigenvalue weighted by Crippen LogP contribution is 2.28. The van der Waals surface area contributed by atoms with Crippen molar-refractivity contribution in [1.82, 2.24) is 15.2 Å². The molecule has 1 aliphatic heterocycles. The number of amides is 1. The van der Waals surface area contributed by atoms with Gasteiger partial charge >= 0.3 is 0 Å². The lowest BCUT2D eigenvalue weighted by Gasteiger charge is -2.35. The lowest BCUT2D eigenvalue weighted by Crippen LogP contribution is -2.44. The van der Waals surface area contributed by atoms with Crippen LogP contribution in [0.25, 0.3) is 0 Å². The van der Waals surface area contributed by atoms with E-state index in [1.165, 1.54) is 5.56 Å². The highest BCUT2D eigenvalue weighted by molar-refractivity contribution is 7.98. The molecule has 32 heavy (non-hydrogen) atoms. The van der Waals surface area contributed by atoms with E-state index in [4.69, 9.17) is 16.3 Å². The van der Waals surface area contributed by atoms with E-state index in [1.807, 2.05) is 60.8 Å². The summed E-state index contributed by atoms with van der Waals surface area (Å²) >= 11 is 8.21. The largest absolute Gasteiger partial charge is 0.379 e. The molecule has 2 aromatic carbocycles. The fourth-order valence-corrected chi connectivity index (χ4v) is 4.81. The molecule has 1 atom stereocenters. The van der Waals surface area contributed by atoms with Crippen molar-refractivity contribution in [3.63, 3.8) is 0 Å². The van der Waals surface area contributed by atoms with Gasteiger partial charge in [0.05, 0.1) is 19.3 Å². The smallest absolute Gasteiger partial charge is 0.251 e. The van der Waals surface area contributed by atoms with Crippen LogP contribution in [-0.4, -0.2) is 48.6 Å². The maximum absolute atomic E-state index is 12.8. The minimum Gasteiger partial charge on any atom is -0.379 e. The van der Waals surface area contributed by atoms with Crippen molar-refractivity contribution in [3.8, 4) is 0 Å². The summed E-state index contributed by atoms with van der Waals surface area (Å²) in [7, 11) is 0. The molecule has 0 spiro atoms. The molecule has 1 aliphatic rings. The molecule has 0 saturated carbocycles. The molecule has 0 radical (unpaired) electrons. The molecule has 4 rings (SSSR count). The third-order valence-corrected chi connectivity index (χ3v) is 6.88. The molecule has 0 bridgehead atoms. The number of morpholine rings is 1. The number of aromatic nitrogens is 1. The van der Waals surface area contributed by atoms with Gasteiger partial charge in [0.25, 0.3) is 5.91 Å². The molecule has 7 heteroatoms. The van der Waals surface area contributed by atoms with Gasteiger partial charge in [0.15, 0.2) is 0 Å². The van der Waals surface area contributed by atoms with Crippen LogP contribution >= 0.6 is 23.4 Å². The molecule has 166 valence electrons. The molecule has 1 unspecified atom stereocenters. The normalized spacial score (nSPS) is 15.3. The maximum atomic E-state index is 12.8. The summed E-state index contributed by atoms with van der Waals surface area (Å²) in [5.74, 6) is 0.762. The summed E-state index contributed by atoms with van der Waals surface area (Å²) in [6.45, 7) is 3.49. The van der Waals surface area contributed by atoms with Crippen molar-refractivity contribution < 1.29 is 9.53 Å². The average Bonchev–Trinajstić information content (AvgIpc) is 2.85. The Kier molecular flexibility index (Phi) is 8.18. The topological polar surface area (TPSA) is 54.5 Å². The van der Waals surface area contributed by atoms with Crippen molar-refractivity contribution in [2.45, 2.75) is 16.7 Å². The summed E-state index contributed by atoms with van der Waals surface area (Å²) < 4.78 is 5.50. The first-order valence-electron chi connectivity index (χ1n) is 10.7. The van der Waals surface area contributed by atoms with E-state index in [1.54, 1.807) is 18.0 Å². The average molecular weight is 468 g/mol. The molecule has 2 heterocycles. The molecular weight excluding hydrogens is 442 g/mol. The van der Waals surface area contributed by atoms with E-state index in [0.29, 0.717) is 30.3 Å². The zero-order valence-electron chi connectivity index (χ0n) is 17.7. The van der Waals surface area contributed by atoms with Crippen molar-refractivity contribution in [2.24, 2.45) is 0 Å². The lowest BCUT2D eigenvalue weighted by molar-refractivity contribution is 0.0162. The minimum absolute atomic E-state index is 0.00543. The molecule has 1 fully saturated rings. The van der Waals surface area contributed by atoms with E-state index < -0.39 is 0 Å². The third kappa shape index (κ3) is 6.11. The fourth-order valence-electron chi connectivity index (χ4n) is 3.71. The lowest BCUT2D eigenvalue weighted by atomic mass is 10.0. The molecule has 0 aliphatic carbocycles. The Hall–Kier alpha value is -2.38. The van der Waals surface area contributed by atoms with Gasteiger partial charge in [0, 0.05) is 53.3 Å². The molecule has 3 aromatic rings. The minimum atomic E-state index is -0.0841. The quantitative estimate of drug-likeness (QED) is 0.481. The predicted octanol–water partition coefficient (Wildman–Crippen LogP) is 4.83. The summed E-state index contributed by atoms with van der Waals surface area (Å²) in [6, 6.07) is 19.6. The van der Waals surface area contributed by atoms with Crippen molar-refractivity contribution in [3.05, 3.63) is 94.8 Å². The summed E-state index contributed by atoms with van der Waals surface area (Å²) in [5, 5.41) is 3.82. The second kappa shape index (κ2) is 11.5. The number of hydrogen-bond acceptors (Lipinski definition) is 5. The van der Waals surface area contributed by atoms with Gasteiger partial charge in [-0.15, -0.1) is 11.8 Å². The van der Waals surface area contributed by atoms with Crippen LogP contribution in [0, 0.1) is 0 Å². The van der Waals surface area contributed by atoms with E-state index in [9.17, 15) is 4.79 Å². The number of benzene rings is 2. The zero-order valence-corrected chi connectivity index (χ0v) is 19.3. The summed E-state index contributed by atoms with van der Waals surface area (Å²) in [6.07, 6.45) is 3.65. The number of carbonyl (C=O) groups is 1. The van der Waals surface area contributed by atoms with Crippen LogP contribution < -0.4 is 5.32 Å². The monoisotopic (exact) mass is 467 g/mol. The van der Waals surface area contributed by atoms with Crippen LogP contribution in [0.1, 0.15) is 27.5 Å². The first-order valence-corrected chi connectivity index (χ1v) is 12.0. The van der Waals surface area contributed by atoms with E-state index in [-0.39, 0.29) is 11.9 Å². The van der Waals surface area contributed by atoms with Crippen LogP contribution in [0.15, 0.2) is 78.0 Å². The van der Waals surface area contributed by atoms with Crippen molar-refractivity contribution in [2.75, 3.05) is 32.8 Å². The van der Waals surface area contributed by atoms with Crippen LogP contribution in [-0.2, 0) is 10.5 Å². The predicted molar refractivity (Wildman–Crippen MR) is 129 cm³/mol. The zero-order chi connectivity index (χ0) is 22.2. The van der Waals surface area contributed by atoms with Crippen LogP contribution in [0.2, 0.25) is 5.02 Å². The number of pyridine rings is 1. The Morgan fingerprint density at radius 1 is 1.09 bits per heavy atom. The number of hydrogen-bond donors (Lipinski definition) is 1. The van der Waals surface area contributed by atoms with E-state index >= 15 is 0 Å². The Balaban J connectivity index is 1.37. The molecule has 1 amide bonds. The molecule has 1 N–H and O–H groups in total. The molecule has 5 nitrogen and oxygen atoms in total. The number of halogens is 1. The maximum Gasteiger partial charge on any atom is 0.251 e. The van der Waals surface area contributed by atoms with Gasteiger partial charge in [-0.25, -0.2) is 0 Å². The van der Waals surface area contributed by atoms with Gasteiger partial charge < -0.3 is 10.1 Å². The van der Waals surface area contributed by atoms with Gasteiger partial charge in [-0.1, -0.05) is 35.9 Å². The molecule has 1 aromatic heterocycles. The number of carbonyl (C=O) groups excluding carboxylic acids is 1. The SMILES string of the molecule is O=C(NCC(c1ccccc1Cl)N1CCOCC1)c1ccc(SCc2cccnc2)cc1. The highest BCUT2D eigenvalue weighted by atomic mass is 35.5. The highest BCUT2D eigenvalue weighted by Gasteiger charge is 2.25. The Labute approximate surface area is 198 Å². The second-order valence-electron chi connectivity index (χ2n) is 7.57. The van der Waals surface area contributed by atoms with Crippen LogP contribution in [0.4, 0.5) is 0 Å². The fraction of sp³-hybridized carbons (Fsp3) is 0.280. The van der Waals surface area contributed by atoms with Gasteiger partial charge in [0.2, 0.25) is 0 Å². The van der Waals surface area contributed by atoms with Crippen molar-refractivity contribution in [1.29, 1.82) is 0 Å². The summed E-state index contributed by atoms with van der Waals surface area (Å²) in [5.41, 5.74) is 2.85. The third-order valence-electron chi connectivity index (χ3n) is 5.45. The van der Waals surface area contributed by atoms with Gasteiger partial charge in [0.1, 0.15) is 0 Å². The standard InChI is InChI=1S/C25H26ClN3O2S/c26-23-6-2-1-5-22(23)24(29-12-14-31-15-13-29)17-28-25(30)20-7-9-21(10-8-20)32-18-19-4-3-11-27-16-19/h1-11,16,24H,12-15,17-18H2,(H,28,30). The molecular formula is C25H26ClN3O2S. The van der Waals surface area contributed by atoms with E-state index in [2.05, 4.69) is 21.3 Å². The second-order valence-corrected chi connectivity index (χ2v) is 9.03. The number of rotatable bonds is 8. The Morgan fingerprint density at radius 3 is 2.59 bits per heavy atom.